The van der Waals surface area contributed by atoms with Crippen molar-refractivity contribution in [3.8, 4) is 11.5 Å². The number of benzene rings is 3. The number of hydrogen-bond acceptors (Lipinski definition) is 6. The van der Waals surface area contributed by atoms with Crippen molar-refractivity contribution in [2.24, 2.45) is 5.73 Å². The lowest BCUT2D eigenvalue weighted by Crippen LogP contribution is -2.19. The topological polar surface area (TPSA) is 114 Å². The fourth-order valence-corrected chi connectivity index (χ4v) is 3.13. The average Bonchev–Trinajstić information content (AvgIpc) is 2.81. The Labute approximate surface area is 193 Å². The van der Waals surface area contributed by atoms with Gasteiger partial charge in [-0.05, 0) is 54.6 Å². The van der Waals surface area contributed by atoms with Crippen LogP contribution in [0.2, 0.25) is 5.02 Å². The van der Waals surface area contributed by atoms with E-state index in [0.717, 1.165) is 5.52 Å². The standard InChI is InChI=1S/C23H20ClFN6O2/c24-18-11-15(3-7-19(18)25)30-23(32)29-14-1-4-16(5-2-14)33-17-6-8-20-21(12-17)31-22(13-28-20)27-10-9-26/h1-8,11-13H,9-10,26H2,(H,27,31)(H2,29,30,32). The van der Waals surface area contributed by atoms with E-state index in [-0.39, 0.29) is 5.02 Å². The summed E-state index contributed by atoms with van der Waals surface area (Å²) in [7, 11) is 0. The SMILES string of the molecule is NCCNc1cnc2ccc(Oc3ccc(NC(=O)Nc4ccc(F)c(Cl)c4)cc3)cc2n1. The van der Waals surface area contributed by atoms with E-state index in [0.29, 0.717) is 47.3 Å². The number of nitrogens with two attached hydrogens (primary N) is 1. The van der Waals surface area contributed by atoms with E-state index < -0.39 is 11.8 Å². The summed E-state index contributed by atoms with van der Waals surface area (Å²) in [4.78, 5) is 21.0. The van der Waals surface area contributed by atoms with Crippen molar-refractivity contribution in [3.05, 3.63) is 77.7 Å². The summed E-state index contributed by atoms with van der Waals surface area (Å²) in [5.41, 5.74) is 7.86. The molecule has 0 bridgehead atoms. The van der Waals surface area contributed by atoms with Crippen molar-refractivity contribution in [2.75, 3.05) is 29.0 Å². The largest absolute Gasteiger partial charge is 0.457 e. The Hall–Kier alpha value is -3.95. The minimum Gasteiger partial charge on any atom is -0.457 e. The lowest BCUT2D eigenvalue weighted by Gasteiger charge is -2.10. The first kappa shape index (κ1) is 22.3. The van der Waals surface area contributed by atoms with Gasteiger partial charge in [0, 0.05) is 30.5 Å². The molecule has 0 fully saturated rings. The van der Waals surface area contributed by atoms with E-state index in [4.69, 9.17) is 22.1 Å². The number of aromatic nitrogens is 2. The zero-order valence-corrected chi connectivity index (χ0v) is 18.1. The van der Waals surface area contributed by atoms with Crippen molar-refractivity contribution >= 4 is 45.9 Å². The highest BCUT2D eigenvalue weighted by molar-refractivity contribution is 6.31. The van der Waals surface area contributed by atoms with Crippen molar-refractivity contribution in [1.29, 1.82) is 0 Å². The quantitative estimate of drug-likeness (QED) is 0.296. The van der Waals surface area contributed by atoms with Crippen LogP contribution in [0.15, 0.2) is 66.9 Å². The Morgan fingerprint density at radius 1 is 0.970 bits per heavy atom. The maximum absolute atomic E-state index is 13.2. The van der Waals surface area contributed by atoms with Crippen LogP contribution in [0.25, 0.3) is 11.0 Å². The molecule has 33 heavy (non-hydrogen) atoms. The van der Waals surface area contributed by atoms with E-state index in [1.54, 1.807) is 42.6 Å². The molecule has 4 aromatic rings. The van der Waals surface area contributed by atoms with Gasteiger partial charge in [-0.25, -0.2) is 14.2 Å². The number of anilines is 3. The summed E-state index contributed by atoms with van der Waals surface area (Å²) in [6.45, 7) is 1.10. The number of amides is 2. The molecule has 2 amide bonds. The molecule has 5 N–H and O–H groups in total. The third kappa shape index (κ3) is 5.85. The summed E-state index contributed by atoms with van der Waals surface area (Å²) in [6.07, 6.45) is 1.66. The van der Waals surface area contributed by atoms with E-state index in [2.05, 4.69) is 25.9 Å². The molecule has 0 saturated heterocycles. The molecule has 8 nitrogen and oxygen atoms in total. The normalized spacial score (nSPS) is 10.6. The zero-order valence-electron chi connectivity index (χ0n) is 17.3. The van der Waals surface area contributed by atoms with Gasteiger partial charge in [-0.3, -0.25) is 4.98 Å². The highest BCUT2D eigenvalue weighted by Gasteiger charge is 2.07. The Balaban J connectivity index is 1.39. The van der Waals surface area contributed by atoms with Gasteiger partial charge in [-0.2, -0.15) is 0 Å². The van der Waals surface area contributed by atoms with Gasteiger partial charge in [0.15, 0.2) is 0 Å². The second-order valence-electron chi connectivity index (χ2n) is 6.96. The molecule has 0 spiro atoms. The Morgan fingerprint density at radius 3 is 2.45 bits per heavy atom. The molecule has 3 aromatic carbocycles. The minimum absolute atomic E-state index is 0.0722. The lowest BCUT2D eigenvalue weighted by molar-refractivity contribution is 0.262. The van der Waals surface area contributed by atoms with Gasteiger partial charge in [-0.1, -0.05) is 11.6 Å². The third-order valence-corrected chi connectivity index (χ3v) is 4.78. The van der Waals surface area contributed by atoms with Gasteiger partial charge in [0.25, 0.3) is 0 Å². The van der Waals surface area contributed by atoms with Crippen molar-refractivity contribution < 1.29 is 13.9 Å². The van der Waals surface area contributed by atoms with Crippen LogP contribution in [0.3, 0.4) is 0 Å². The van der Waals surface area contributed by atoms with E-state index >= 15 is 0 Å². The first-order valence-corrected chi connectivity index (χ1v) is 10.4. The second-order valence-corrected chi connectivity index (χ2v) is 7.36. The minimum atomic E-state index is -0.555. The maximum Gasteiger partial charge on any atom is 0.323 e. The average molecular weight is 467 g/mol. The summed E-state index contributed by atoms with van der Waals surface area (Å²) in [5.74, 6) is 1.26. The number of nitrogens with zero attached hydrogens (tertiary/aromatic N) is 2. The number of carbonyl (C=O) groups excluding carboxylic acids is 1. The Morgan fingerprint density at radius 2 is 1.70 bits per heavy atom. The molecule has 0 aliphatic rings. The first-order chi connectivity index (χ1) is 16.0. The fourth-order valence-electron chi connectivity index (χ4n) is 2.95. The molecule has 10 heteroatoms. The van der Waals surface area contributed by atoms with Crippen molar-refractivity contribution in [3.63, 3.8) is 0 Å². The van der Waals surface area contributed by atoms with Gasteiger partial charge in [-0.15, -0.1) is 0 Å². The monoisotopic (exact) mass is 466 g/mol. The molecule has 1 heterocycles. The number of urea groups is 1. The van der Waals surface area contributed by atoms with Gasteiger partial charge < -0.3 is 26.4 Å². The summed E-state index contributed by atoms with van der Waals surface area (Å²) < 4.78 is 19.1. The molecule has 168 valence electrons. The number of rotatable bonds is 7. The fraction of sp³-hybridized carbons (Fsp3) is 0.0870. The van der Waals surface area contributed by atoms with E-state index in [1.165, 1.54) is 18.2 Å². The zero-order chi connectivity index (χ0) is 23.2. The predicted molar refractivity (Wildman–Crippen MR) is 128 cm³/mol. The molecule has 0 saturated carbocycles. The molecular weight excluding hydrogens is 447 g/mol. The molecule has 0 aliphatic carbocycles. The Bertz CT molecular complexity index is 1290. The molecule has 0 atom stereocenters. The van der Waals surface area contributed by atoms with Gasteiger partial charge >= 0.3 is 6.03 Å². The van der Waals surface area contributed by atoms with E-state index in [9.17, 15) is 9.18 Å². The maximum atomic E-state index is 13.2. The van der Waals surface area contributed by atoms with Crippen LogP contribution in [0, 0.1) is 5.82 Å². The van der Waals surface area contributed by atoms with Crippen LogP contribution in [0.1, 0.15) is 0 Å². The summed E-state index contributed by atoms with van der Waals surface area (Å²) in [5, 5.41) is 8.30. The molecule has 1 aromatic heterocycles. The Kier molecular flexibility index (Phi) is 6.82. The number of halogens is 2. The van der Waals surface area contributed by atoms with Gasteiger partial charge in [0.1, 0.15) is 23.1 Å². The number of nitrogens with one attached hydrogen (secondary N) is 3. The molecule has 4 rings (SSSR count). The number of ether oxygens (including phenoxy) is 1. The highest BCUT2D eigenvalue weighted by atomic mass is 35.5. The van der Waals surface area contributed by atoms with Crippen LogP contribution in [0.5, 0.6) is 11.5 Å². The summed E-state index contributed by atoms with van der Waals surface area (Å²) in [6, 6.07) is 15.7. The van der Waals surface area contributed by atoms with Gasteiger partial charge in [0.2, 0.25) is 0 Å². The third-order valence-electron chi connectivity index (χ3n) is 4.49. The van der Waals surface area contributed by atoms with Crippen LogP contribution in [-0.2, 0) is 0 Å². The highest BCUT2D eigenvalue weighted by Crippen LogP contribution is 2.26. The number of hydrogen-bond donors (Lipinski definition) is 4. The predicted octanol–water partition coefficient (Wildman–Crippen LogP) is 5.23. The van der Waals surface area contributed by atoms with Gasteiger partial charge in [0.05, 0.1) is 22.3 Å². The van der Waals surface area contributed by atoms with Crippen molar-refractivity contribution in [1.82, 2.24) is 9.97 Å². The second kappa shape index (κ2) is 10.1. The number of carbonyl (C=O) groups is 1. The van der Waals surface area contributed by atoms with Crippen molar-refractivity contribution in [2.45, 2.75) is 0 Å². The van der Waals surface area contributed by atoms with Crippen LogP contribution in [-0.4, -0.2) is 29.1 Å². The summed E-state index contributed by atoms with van der Waals surface area (Å²) >= 11 is 5.73. The smallest absolute Gasteiger partial charge is 0.323 e. The van der Waals surface area contributed by atoms with Crippen LogP contribution >= 0.6 is 11.6 Å². The van der Waals surface area contributed by atoms with Crippen LogP contribution in [0.4, 0.5) is 26.4 Å². The first-order valence-electron chi connectivity index (χ1n) is 10.0. The molecule has 0 radical (unpaired) electrons. The molecular formula is C23H20ClFN6O2. The molecule has 0 unspecified atom stereocenters. The van der Waals surface area contributed by atoms with Crippen LogP contribution < -0.4 is 26.4 Å². The molecule has 0 aliphatic heterocycles. The van der Waals surface area contributed by atoms with E-state index in [1.807, 2.05) is 6.07 Å². The lowest BCUT2D eigenvalue weighted by atomic mass is 10.2. The number of fused-ring (bicyclic) bond motifs is 1.